The van der Waals surface area contributed by atoms with Crippen molar-refractivity contribution in [2.24, 2.45) is 0 Å². The average Bonchev–Trinajstić information content (AvgIpc) is 2.53. The third-order valence-electron chi connectivity index (χ3n) is 4.52. The van der Waals surface area contributed by atoms with Gasteiger partial charge in [0.1, 0.15) is 5.82 Å². The summed E-state index contributed by atoms with van der Waals surface area (Å²) in [5.41, 5.74) is 1.03. The van der Waals surface area contributed by atoms with Crippen molar-refractivity contribution in [3.8, 4) is 0 Å². The molecule has 2 fully saturated rings. The summed E-state index contributed by atoms with van der Waals surface area (Å²) in [5.74, 6) is 1.04. The number of nitrogens with zero attached hydrogens (tertiary/aromatic N) is 4. The Balaban J connectivity index is 1.64. The zero-order valence-electron chi connectivity index (χ0n) is 13.3. The van der Waals surface area contributed by atoms with E-state index in [0.29, 0.717) is 12.1 Å². The average molecular weight is 289 g/mol. The Kier molecular flexibility index (Phi) is 4.70. The molecule has 2 aliphatic heterocycles. The molecule has 3 heterocycles. The first-order chi connectivity index (χ1) is 10.2. The molecule has 0 aromatic carbocycles. The highest BCUT2D eigenvalue weighted by Crippen LogP contribution is 2.23. The lowest BCUT2D eigenvalue weighted by molar-refractivity contribution is 0.133. The molecule has 2 aliphatic rings. The number of rotatable bonds is 4. The molecule has 5 heteroatoms. The van der Waals surface area contributed by atoms with E-state index in [2.05, 4.69) is 33.9 Å². The molecule has 2 saturated heterocycles. The van der Waals surface area contributed by atoms with Crippen molar-refractivity contribution in [1.29, 1.82) is 0 Å². The van der Waals surface area contributed by atoms with Gasteiger partial charge in [0.2, 0.25) is 0 Å². The van der Waals surface area contributed by atoms with Crippen molar-refractivity contribution in [1.82, 2.24) is 20.2 Å². The van der Waals surface area contributed by atoms with E-state index < -0.39 is 0 Å². The molecule has 0 aliphatic carbocycles. The first-order valence-corrected chi connectivity index (χ1v) is 8.25. The van der Waals surface area contributed by atoms with Crippen molar-refractivity contribution >= 4 is 5.82 Å². The van der Waals surface area contributed by atoms with Gasteiger partial charge in [0, 0.05) is 44.5 Å². The fourth-order valence-corrected chi connectivity index (χ4v) is 3.31. The maximum atomic E-state index is 4.79. The summed E-state index contributed by atoms with van der Waals surface area (Å²) in [4.78, 5) is 14.2. The van der Waals surface area contributed by atoms with E-state index in [9.17, 15) is 0 Å². The minimum Gasteiger partial charge on any atom is -0.352 e. The van der Waals surface area contributed by atoms with Gasteiger partial charge in [-0.15, -0.1) is 0 Å². The molecule has 1 atom stereocenters. The van der Waals surface area contributed by atoms with E-state index in [1.165, 1.54) is 32.4 Å². The van der Waals surface area contributed by atoms with Crippen molar-refractivity contribution < 1.29 is 0 Å². The largest absolute Gasteiger partial charge is 0.352 e. The van der Waals surface area contributed by atoms with Crippen LogP contribution >= 0.6 is 0 Å². The molecule has 1 aromatic heterocycles. The zero-order chi connectivity index (χ0) is 14.7. The first kappa shape index (κ1) is 14.7. The SMILES string of the molecule is CC(C)NCc1cncc(N2CCN3CCCCC3C2)n1. The number of anilines is 1. The number of hydrogen-bond acceptors (Lipinski definition) is 5. The van der Waals surface area contributed by atoms with Crippen LogP contribution in [0.5, 0.6) is 0 Å². The number of hydrogen-bond donors (Lipinski definition) is 1. The maximum Gasteiger partial charge on any atom is 0.147 e. The summed E-state index contributed by atoms with van der Waals surface area (Å²) in [6.07, 6.45) is 7.86. The second kappa shape index (κ2) is 6.71. The molecular formula is C16H27N5. The smallest absolute Gasteiger partial charge is 0.147 e. The monoisotopic (exact) mass is 289 g/mol. The van der Waals surface area contributed by atoms with Crippen molar-refractivity contribution in [3.63, 3.8) is 0 Å². The summed E-state index contributed by atoms with van der Waals surface area (Å²) in [6.45, 7) is 9.73. The maximum absolute atomic E-state index is 4.79. The molecule has 116 valence electrons. The predicted molar refractivity (Wildman–Crippen MR) is 85.4 cm³/mol. The van der Waals surface area contributed by atoms with Gasteiger partial charge in [-0.3, -0.25) is 9.88 Å². The van der Waals surface area contributed by atoms with Crippen molar-refractivity contribution in [3.05, 3.63) is 18.1 Å². The van der Waals surface area contributed by atoms with Gasteiger partial charge in [-0.1, -0.05) is 20.3 Å². The third kappa shape index (κ3) is 3.71. The van der Waals surface area contributed by atoms with Gasteiger partial charge in [-0.05, 0) is 19.4 Å². The molecule has 0 saturated carbocycles. The molecule has 0 amide bonds. The van der Waals surface area contributed by atoms with Gasteiger partial charge in [0.25, 0.3) is 0 Å². The molecule has 5 nitrogen and oxygen atoms in total. The molecule has 1 unspecified atom stereocenters. The molecule has 0 radical (unpaired) electrons. The lowest BCUT2D eigenvalue weighted by Gasteiger charge is -2.44. The van der Waals surface area contributed by atoms with Gasteiger partial charge in [-0.25, -0.2) is 4.98 Å². The zero-order valence-corrected chi connectivity index (χ0v) is 13.3. The highest BCUT2D eigenvalue weighted by Gasteiger charge is 2.29. The quantitative estimate of drug-likeness (QED) is 0.913. The fraction of sp³-hybridized carbons (Fsp3) is 0.750. The van der Waals surface area contributed by atoms with Crippen LogP contribution in [0.3, 0.4) is 0 Å². The highest BCUT2D eigenvalue weighted by molar-refractivity contribution is 5.37. The number of fused-ring (bicyclic) bond motifs is 1. The molecule has 3 rings (SSSR count). The molecule has 0 bridgehead atoms. The van der Waals surface area contributed by atoms with Gasteiger partial charge in [-0.2, -0.15) is 0 Å². The summed E-state index contributed by atoms with van der Waals surface area (Å²) >= 11 is 0. The second-order valence-corrected chi connectivity index (χ2v) is 6.54. The molecular weight excluding hydrogens is 262 g/mol. The first-order valence-electron chi connectivity index (χ1n) is 8.25. The molecule has 0 spiro atoms. The van der Waals surface area contributed by atoms with E-state index in [0.717, 1.165) is 31.1 Å². The fourth-order valence-electron chi connectivity index (χ4n) is 3.31. The summed E-state index contributed by atoms with van der Waals surface area (Å²) in [6, 6.07) is 1.19. The number of piperazine rings is 1. The highest BCUT2D eigenvalue weighted by atomic mass is 15.3. The van der Waals surface area contributed by atoms with Crippen LogP contribution < -0.4 is 10.2 Å². The standard InChI is InChI=1S/C16H27N5/c1-13(2)18-10-14-9-17-11-16(19-14)21-8-7-20-6-4-3-5-15(20)12-21/h9,11,13,15,18H,3-8,10,12H2,1-2H3. The third-order valence-corrected chi connectivity index (χ3v) is 4.52. The Hall–Kier alpha value is -1.20. The normalized spacial score (nSPS) is 23.4. The Morgan fingerprint density at radius 3 is 3.00 bits per heavy atom. The van der Waals surface area contributed by atoms with Crippen LogP contribution in [-0.4, -0.2) is 53.1 Å². The van der Waals surface area contributed by atoms with Gasteiger partial charge in [0.05, 0.1) is 11.9 Å². The number of nitrogens with one attached hydrogen (secondary N) is 1. The Bertz CT molecular complexity index is 462. The Morgan fingerprint density at radius 2 is 2.14 bits per heavy atom. The molecule has 1 aromatic rings. The van der Waals surface area contributed by atoms with Gasteiger partial charge in [0.15, 0.2) is 0 Å². The molecule has 1 N–H and O–H groups in total. The lowest BCUT2D eigenvalue weighted by Crippen LogP contribution is -2.55. The van der Waals surface area contributed by atoms with Crippen LogP contribution in [-0.2, 0) is 6.54 Å². The van der Waals surface area contributed by atoms with Crippen LogP contribution in [0, 0.1) is 0 Å². The second-order valence-electron chi connectivity index (χ2n) is 6.54. The Morgan fingerprint density at radius 1 is 1.24 bits per heavy atom. The van der Waals surface area contributed by atoms with Gasteiger partial charge >= 0.3 is 0 Å². The van der Waals surface area contributed by atoms with Crippen LogP contribution in [0.1, 0.15) is 38.8 Å². The van der Waals surface area contributed by atoms with Crippen molar-refractivity contribution in [2.75, 3.05) is 31.1 Å². The minimum absolute atomic E-state index is 0.473. The summed E-state index contributed by atoms with van der Waals surface area (Å²) in [5, 5.41) is 3.41. The van der Waals surface area contributed by atoms with Crippen LogP contribution in [0.25, 0.3) is 0 Å². The van der Waals surface area contributed by atoms with E-state index >= 15 is 0 Å². The van der Waals surface area contributed by atoms with E-state index in [4.69, 9.17) is 4.98 Å². The van der Waals surface area contributed by atoms with Crippen LogP contribution in [0.15, 0.2) is 12.4 Å². The summed E-state index contributed by atoms with van der Waals surface area (Å²) in [7, 11) is 0. The van der Waals surface area contributed by atoms with Crippen molar-refractivity contribution in [2.45, 2.75) is 51.7 Å². The topological polar surface area (TPSA) is 44.3 Å². The molecule has 21 heavy (non-hydrogen) atoms. The van der Waals surface area contributed by atoms with Crippen LogP contribution in [0.2, 0.25) is 0 Å². The van der Waals surface area contributed by atoms with Gasteiger partial charge < -0.3 is 10.2 Å². The number of aromatic nitrogens is 2. The lowest BCUT2D eigenvalue weighted by atomic mass is 9.99. The minimum atomic E-state index is 0.473. The summed E-state index contributed by atoms with van der Waals surface area (Å²) < 4.78 is 0. The van der Waals surface area contributed by atoms with E-state index in [1.807, 2.05) is 12.4 Å². The van der Waals surface area contributed by atoms with E-state index in [1.54, 1.807) is 0 Å². The predicted octanol–water partition coefficient (Wildman–Crippen LogP) is 1.65. The number of piperidine rings is 1. The van der Waals surface area contributed by atoms with Crippen LogP contribution in [0.4, 0.5) is 5.82 Å². The van der Waals surface area contributed by atoms with E-state index in [-0.39, 0.29) is 0 Å². The Labute approximate surface area is 127 Å².